The summed E-state index contributed by atoms with van der Waals surface area (Å²) < 4.78 is 4.94. The Balaban J connectivity index is 1.78. The number of rotatable bonds is 6. The standard InChI is InChI=1S/C19H19NO4/c21-18(22)16-15(12-24-19(16)23)11-20-17(13-7-3-1-4-8-13)14-9-5-2-6-10-14/h1-10,15-17,20H,11-12H2,(H,21,22)/p+1. The summed E-state index contributed by atoms with van der Waals surface area (Å²) in [6.45, 7) is 0.680. The maximum Gasteiger partial charge on any atom is 0.320 e. The van der Waals surface area contributed by atoms with Crippen molar-refractivity contribution in [3.8, 4) is 0 Å². The molecule has 1 aliphatic heterocycles. The number of carbonyl (C=O) groups is 2. The molecular weight excluding hydrogens is 306 g/mol. The van der Waals surface area contributed by atoms with Gasteiger partial charge in [0.15, 0.2) is 5.92 Å². The van der Waals surface area contributed by atoms with Gasteiger partial charge in [-0.3, -0.25) is 9.59 Å². The molecule has 0 spiro atoms. The molecule has 0 saturated carbocycles. The molecule has 124 valence electrons. The van der Waals surface area contributed by atoms with E-state index in [1.165, 1.54) is 0 Å². The van der Waals surface area contributed by atoms with E-state index in [2.05, 4.69) is 29.6 Å². The topological polar surface area (TPSA) is 80.2 Å². The van der Waals surface area contributed by atoms with E-state index in [0.717, 1.165) is 11.1 Å². The number of hydrogen-bond donors (Lipinski definition) is 2. The lowest BCUT2D eigenvalue weighted by Gasteiger charge is -2.19. The third kappa shape index (κ3) is 3.46. The van der Waals surface area contributed by atoms with Gasteiger partial charge in [-0.25, -0.2) is 0 Å². The van der Waals surface area contributed by atoms with Gasteiger partial charge in [0.2, 0.25) is 0 Å². The maximum absolute atomic E-state index is 11.6. The third-order valence-corrected chi connectivity index (χ3v) is 4.42. The minimum absolute atomic E-state index is 0.0533. The second kappa shape index (κ2) is 7.27. The Morgan fingerprint density at radius 2 is 1.62 bits per heavy atom. The largest absolute Gasteiger partial charge is 0.481 e. The fourth-order valence-corrected chi connectivity index (χ4v) is 3.17. The number of carbonyl (C=O) groups excluding carboxylic acids is 1. The first-order valence-corrected chi connectivity index (χ1v) is 7.99. The van der Waals surface area contributed by atoms with E-state index in [4.69, 9.17) is 4.74 Å². The lowest BCUT2D eigenvalue weighted by atomic mass is 9.93. The van der Waals surface area contributed by atoms with Crippen molar-refractivity contribution in [1.82, 2.24) is 0 Å². The van der Waals surface area contributed by atoms with Gasteiger partial charge in [-0.15, -0.1) is 0 Å². The van der Waals surface area contributed by atoms with Crippen molar-refractivity contribution < 1.29 is 24.7 Å². The molecule has 0 amide bonds. The molecule has 0 aliphatic carbocycles. The highest BCUT2D eigenvalue weighted by molar-refractivity contribution is 5.95. The number of carboxylic acid groups (broad SMARTS) is 1. The lowest BCUT2D eigenvalue weighted by Crippen LogP contribution is -2.87. The van der Waals surface area contributed by atoms with Crippen LogP contribution in [0.3, 0.4) is 0 Å². The van der Waals surface area contributed by atoms with Crippen LogP contribution >= 0.6 is 0 Å². The van der Waals surface area contributed by atoms with E-state index >= 15 is 0 Å². The van der Waals surface area contributed by atoms with Gasteiger partial charge in [0.1, 0.15) is 12.6 Å². The Hall–Kier alpha value is -2.66. The Morgan fingerprint density at radius 3 is 2.12 bits per heavy atom. The van der Waals surface area contributed by atoms with E-state index in [0.29, 0.717) is 6.54 Å². The highest BCUT2D eigenvalue weighted by Gasteiger charge is 2.43. The maximum atomic E-state index is 11.6. The second-order valence-electron chi connectivity index (χ2n) is 5.98. The molecule has 0 radical (unpaired) electrons. The minimum atomic E-state index is -1.10. The van der Waals surface area contributed by atoms with Gasteiger partial charge in [-0.2, -0.15) is 0 Å². The molecule has 1 fully saturated rings. The molecule has 5 nitrogen and oxygen atoms in total. The van der Waals surface area contributed by atoms with Gasteiger partial charge in [-0.1, -0.05) is 60.7 Å². The van der Waals surface area contributed by atoms with Crippen molar-refractivity contribution in [1.29, 1.82) is 0 Å². The molecule has 0 bridgehead atoms. The van der Waals surface area contributed by atoms with Crippen LogP contribution in [0.15, 0.2) is 60.7 Å². The Kier molecular flexibility index (Phi) is 4.91. The zero-order valence-corrected chi connectivity index (χ0v) is 13.2. The van der Waals surface area contributed by atoms with E-state index < -0.39 is 17.9 Å². The first kappa shape index (κ1) is 16.2. The van der Waals surface area contributed by atoms with Crippen LogP contribution in [0.4, 0.5) is 0 Å². The van der Waals surface area contributed by atoms with Crippen LogP contribution in [0, 0.1) is 11.8 Å². The van der Waals surface area contributed by atoms with E-state index in [-0.39, 0.29) is 18.6 Å². The molecule has 2 atom stereocenters. The van der Waals surface area contributed by atoms with Crippen LogP contribution in [0.5, 0.6) is 0 Å². The molecule has 2 unspecified atom stereocenters. The van der Waals surface area contributed by atoms with Crippen LogP contribution < -0.4 is 5.32 Å². The molecule has 5 heteroatoms. The summed E-state index contributed by atoms with van der Waals surface area (Å²) in [6.07, 6.45) is 0. The molecule has 0 aromatic heterocycles. The number of benzene rings is 2. The fourth-order valence-electron chi connectivity index (χ4n) is 3.17. The monoisotopic (exact) mass is 326 g/mol. The lowest BCUT2D eigenvalue weighted by molar-refractivity contribution is -0.692. The van der Waals surface area contributed by atoms with Crippen molar-refractivity contribution in [2.45, 2.75) is 6.04 Å². The number of esters is 1. The van der Waals surface area contributed by atoms with Crippen molar-refractivity contribution in [2.24, 2.45) is 11.8 Å². The molecule has 2 aromatic rings. The van der Waals surface area contributed by atoms with Gasteiger partial charge < -0.3 is 15.2 Å². The zero-order valence-electron chi connectivity index (χ0n) is 13.2. The molecule has 24 heavy (non-hydrogen) atoms. The van der Waals surface area contributed by atoms with Gasteiger partial charge in [0, 0.05) is 11.1 Å². The van der Waals surface area contributed by atoms with E-state index in [1.807, 2.05) is 36.4 Å². The predicted molar refractivity (Wildman–Crippen MR) is 87.1 cm³/mol. The normalized spacial score (nSPS) is 20.1. The summed E-state index contributed by atoms with van der Waals surface area (Å²) >= 11 is 0. The van der Waals surface area contributed by atoms with Gasteiger partial charge in [0.05, 0.1) is 12.5 Å². The van der Waals surface area contributed by atoms with Crippen LogP contribution in [0.1, 0.15) is 17.2 Å². The van der Waals surface area contributed by atoms with E-state index in [9.17, 15) is 14.7 Å². The van der Waals surface area contributed by atoms with Crippen LogP contribution in [0.2, 0.25) is 0 Å². The fraction of sp³-hybridized carbons (Fsp3) is 0.263. The second-order valence-corrected chi connectivity index (χ2v) is 5.98. The van der Waals surface area contributed by atoms with Crippen LogP contribution in [-0.4, -0.2) is 30.2 Å². The number of cyclic esters (lactones) is 1. The van der Waals surface area contributed by atoms with Crippen molar-refractivity contribution in [3.63, 3.8) is 0 Å². The molecular formula is C19H20NO4+. The summed E-state index contributed by atoms with van der Waals surface area (Å²) in [5.41, 5.74) is 2.28. The number of carboxylic acids is 1. The summed E-state index contributed by atoms with van der Waals surface area (Å²) in [7, 11) is 0. The average Bonchev–Trinajstić information content (AvgIpc) is 2.98. The molecule has 3 N–H and O–H groups in total. The Labute approximate surface area is 140 Å². The summed E-state index contributed by atoms with van der Waals surface area (Å²) in [4.78, 5) is 22.9. The first-order chi connectivity index (χ1) is 11.7. The molecule has 1 saturated heterocycles. The molecule has 2 aromatic carbocycles. The number of nitrogens with two attached hydrogens (primary N) is 1. The number of quaternary nitrogens is 1. The highest BCUT2D eigenvalue weighted by atomic mass is 16.5. The van der Waals surface area contributed by atoms with E-state index in [1.54, 1.807) is 0 Å². The molecule has 3 rings (SSSR count). The van der Waals surface area contributed by atoms with Crippen molar-refractivity contribution >= 4 is 11.9 Å². The number of aliphatic carboxylic acids is 1. The van der Waals surface area contributed by atoms with Crippen molar-refractivity contribution in [3.05, 3.63) is 71.8 Å². The van der Waals surface area contributed by atoms with Crippen LogP contribution in [-0.2, 0) is 14.3 Å². The quantitative estimate of drug-likeness (QED) is 0.618. The minimum Gasteiger partial charge on any atom is -0.481 e. The van der Waals surface area contributed by atoms with Gasteiger partial charge in [-0.05, 0) is 0 Å². The van der Waals surface area contributed by atoms with Crippen molar-refractivity contribution in [2.75, 3.05) is 13.2 Å². The third-order valence-electron chi connectivity index (χ3n) is 4.42. The molecule has 1 aliphatic rings. The summed E-state index contributed by atoms with van der Waals surface area (Å²) in [5.74, 6) is -3.11. The highest BCUT2D eigenvalue weighted by Crippen LogP contribution is 2.22. The Bertz CT molecular complexity index is 662. The predicted octanol–water partition coefficient (Wildman–Crippen LogP) is 1.21. The van der Waals surface area contributed by atoms with Gasteiger partial charge >= 0.3 is 11.9 Å². The zero-order chi connectivity index (χ0) is 16.9. The average molecular weight is 326 g/mol. The smallest absolute Gasteiger partial charge is 0.320 e. The number of hydrogen-bond acceptors (Lipinski definition) is 3. The Morgan fingerprint density at radius 1 is 1.08 bits per heavy atom. The summed E-state index contributed by atoms with van der Waals surface area (Å²) in [5, 5.41) is 11.3. The molecule has 1 heterocycles. The first-order valence-electron chi connectivity index (χ1n) is 7.99. The SMILES string of the molecule is O=C(O)C1C(=O)OCC1C[NH2+]C(c1ccccc1)c1ccccc1. The van der Waals surface area contributed by atoms with Crippen LogP contribution in [0.25, 0.3) is 0 Å². The van der Waals surface area contributed by atoms with Gasteiger partial charge in [0.25, 0.3) is 0 Å². The summed E-state index contributed by atoms with van der Waals surface area (Å²) in [6, 6.07) is 20.2. The number of ether oxygens (including phenoxy) is 1.